The summed E-state index contributed by atoms with van der Waals surface area (Å²) in [6, 6.07) is 0.803. The second-order valence-corrected chi connectivity index (χ2v) is 4.81. The zero-order chi connectivity index (χ0) is 15.9. The first-order valence-corrected chi connectivity index (χ1v) is 6.22. The first-order chi connectivity index (χ1) is 9.73. The molecular formula is C11H8Cl2F3N3O2. The summed E-state index contributed by atoms with van der Waals surface area (Å²) in [7, 11) is 2.55. The van der Waals surface area contributed by atoms with Crippen LogP contribution in [0.2, 0.25) is 10.0 Å². The van der Waals surface area contributed by atoms with Gasteiger partial charge in [-0.15, -0.1) is 0 Å². The fourth-order valence-corrected chi connectivity index (χ4v) is 2.30. The standard InChI is InChI=1S/C11H8Cl2F3N3O2/c1-18-8(5(14)3-4(12)9(18)20)7-6(13)10(19(2)17-7)21-11(15)16/h3,11H,1-2H3. The third kappa shape index (κ3) is 2.73. The van der Waals surface area contributed by atoms with Crippen LogP contribution in [0.3, 0.4) is 0 Å². The molecule has 0 aliphatic carbocycles. The van der Waals surface area contributed by atoms with Gasteiger partial charge < -0.3 is 9.30 Å². The second kappa shape index (κ2) is 5.61. The van der Waals surface area contributed by atoms with E-state index in [1.54, 1.807) is 0 Å². The fourth-order valence-electron chi connectivity index (χ4n) is 1.78. The topological polar surface area (TPSA) is 49.0 Å². The molecule has 2 aromatic heterocycles. The molecule has 0 N–H and O–H groups in total. The molecule has 114 valence electrons. The molecule has 2 heterocycles. The first-order valence-electron chi connectivity index (χ1n) is 5.46. The summed E-state index contributed by atoms with van der Waals surface area (Å²) in [4.78, 5) is 11.7. The van der Waals surface area contributed by atoms with Crippen molar-refractivity contribution in [3.8, 4) is 17.3 Å². The number of hydrogen-bond acceptors (Lipinski definition) is 3. The molecule has 0 spiro atoms. The lowest BCUT2D eigenvalue weighted by Gasteiger charge is -2.08. The third-order valence-electron chi connectivity index (χ3n) is 2.69. The van der Waals surface area contributed by atoms with Crippen molar-refractivity contribution in [2.75, 3.05) is 0 Å². The minimum Gasteiger partial charge on any atom is -0.416 e. The number of rotatable bonds is 3. The van der Waals surface area contributed by atoms with Crippen LogP contribution in [0.1, 0.15) is 0 Å². The van der Waals surface area contributed by atoms with Gasteiger partial charge in [0, 0.05) is 20.2 Å². The molecule has 21 heavy (non-hydrogen) atoms. The van der Waals surface area contributed by atoms with Crippen LogP contribution in [-0.2, 0) is 14.1 Å². The zero-order valence-electron chi connectivity index (χ0n) is 10.7. The Morgan fingerprint density at radius 1 is 1.33 bits per heavy atom. The lowest BCUT2D eigenvalue weighted by atomic mass is 10.2. The maximum atomic E-state index is 14.0. The molecule has 0 unspecified atom stereocenters. The summed E-state index contributed by atoms with van der Waals surface area (Å²) in [5.41, 5.74) is -1.16. The van der Waals surface area contributed by atoms with E-state index in [9.17, 15) is 18.0 Å². The fraction of sp³-hybridized carbons (Fsp3) is 0.273. The molecule has 2 rings (SSSR count). The van der Waals surface area contributed by atoms with E-state index in [1.807, 2.05) is 0 Å². The van der Waals surface area contributed by atoms with Crippen molar-refractivity contribution in [3.05, 3.63) is 32.3 Å². The predicted molar refractivity (Wildman–Crippen MR) is 70.5 cm³/mol. The van der Waals surface area contributed by atoms with Gasteiger partial charge in [0.25, 0.3) is 5.56 Å². The molecule has 0 saturated heterocycles. The van der Waals surface area contributed by atoms with E-state index in [0.29, 0.717) is 0 Å². The van der Waals surface area contributed by atoms with E-state index < -0.39 is 23.9 Å². The van der Waals surface area contributed by atoms with Crippen LogP contribution >= 0.6 is 23.2 Å². The maximum absolute atomic E-state index is 14.0. The maximum Gasteiger partial charge on any atom is 0.388 e. The van der Waals surface area contributed by atoms with Gasteiger partial charge in [-0.1, -0.05) is 23.2 Å². The van der Waals surface area contributed by atoms with Crippen molar-refractivity contribution in [2.45, 2.75) is 6.61 Å². The van der Waals surface area contributed by atoms with Gasteiger partial charge in [-0.25, -0.2) is 9.07 Å². The van der Waals surface area contributed by atoms with E-state index >= 15 is 0 Å². The highest BCUT2D eigenvalue weighted by atomic mass is 35.5. The molecule has 0 aliphatic rings. The van der Waals surface area contributed by atoms with Gasteiger partial charge in [-0.3, -0.25) is 4.79 Å². The number of aromatic nitrogens is 3. The van der Waals surface area contributed by atoms with E-state index in [-0.39, 0.29) is 21.4 Å². The van der Waals surface area contributed by atoms with Crippen LogP contribution in [0.5, 0.6) is 5.88 Å². The Hall–Kier alpha value is -1.67. The van der Waals surface area contributed by atoms with Gasteiger partial charge in [0.05, 0.1) is 0 Å². The quantitative estimate of drug-likeness (QED) is 0.862. The number of nitrogens with zero attached hydrogens (tertiary/aromatic N) is 3. The first kappa shape index (κ1) is 15.7. The van der Waals surface area contributed by atoms with Gasteiger partial charge in [-0.05, 0) is 0 Å². The van der Waals surface area contributed by atoms with Crippen LogP contribution in [-0.4, -0.2) is 21.0 Å². The second-order valence-electron chi connectivity index (χ2n) is 4.02. The molecular weight excluding hydrogens is 334 g/mol. The summed E-state index contributed by atoms with van der Waals surface area (Å²) >= 11 is 11.5. The summed E-state index contributed by atoms with van der Waals surface area (Å²) in [6.07, 6.45) is 0. The normalized spacial score (nSPS) is 11.2. The minimum absolute atomic E-state index is 0.205. The third-order valence-corrected chi connectivity index (χ3v) is 3.30. The highest BCUT2D eigenvalue weighted by molar-refractivity contribution is 6.34. The molecule has 2 aromatic rings. The Balaban J connectivity index is 2.69. The number of alkyl halides is 2. The van der Waals surface area contributed by atoms with Crippen LogP contribution in [0.4, 0.5) is 13.2 Å². The van der Waals surface area contributed by atoms with Gasteiger partial charge in [-0.2, -0.15) is 13.9 Å². The van der Waals surface area contributed by atoms with Crippen molar-refractivity contribution < 1.29 is 17.9 Å². The van der Waals surface area contributed by atoms with Crippen LogP contribution in [0.25, 0.3) is 11.4 Å². The van der Waals surface area contributed by atoms with Gasteiger partial charge in [0.15, 0.2) is 5.82 Å². The summed E-state index contributed by atoms with van der Waals surface area (Å²) in [5, 5.41) is 3.15. The molecule has 0 saturated carbocycles. The highest BCUT2D eigenvalue weighted by Gasteiger charge is 2.24. The van der Waals surface area contributed by atoms with Crippen LogP contribution in [0.15, 0.2) is 10.9 Å². The average molecular weight is 342 g/mol. The minimum atomic E-state index is -3.12. The highest BCUT2D eigenvalue weighted by Crippen LogP contribution is 2.36. The summed E-state index contributed by atoms with van der Waals surface area (Å²) in [5.74, 6) is -1.31. The Morgan fingerprint density at radius 3 is 2.52 bits per heavy atom. The Morgan fingerprint density at radius 2 is 1.95 bits per heavy atom. The molecule has 0 fully saturated rings. The summed E-state index contributed by atoms with van der Waals surface area (Å²) in [6.45, 7) is -3.12. The number of pyridine rings is 1. The van der Waals surface area contributed by atoms with Gasteiger partial charge in [0.1, 0.15) is 21.4 Å². The Labute approximate surface area is 126 Å². The molecule has 5 nitrogen and oxygen atoms in total. The predicted octanol–water partition coefficient (Wildman–Crippen LogP) is 2.83. The van der Waals surface area contributed by atoms with Crippen molar-refractivity contribution >= 4 is 23.2 Å². The van der Waals surface area contributed by atoms with Crippen molar-refractivity contribution in [1.29, 1.82) is 0 Å². The summed E-state index contributed by atoms with van der Waals surface area (Å²) < 4.78 is 44.6. The van der Waals surface area contributed by atoms with E-state index in [4.69, 9.17) is 23.2 Å². The monoisotopic (exact) mass is 341 g/mol. The number of halogens is 5. The van der Waals surface area contributed by atoms with Crippen molar-refractivity contribution in [3.63, 3.8) is 0 Å². The van der Waals surface area contributed by atoms with Crippen LogP contribution in [0, 0.1) is 5.82 Å². The lowest BCUT2D eigenvalue weighted by molar-refractivity contribution is -0.0552. The van der Waals surface area contributed by atoms with Crippen molar-refractivity contribution in [1.82, 2.24) is 14.3 Å². The smallest absolute Gasteiger partial charge is 0.388 e. The molecule has 0 bridgehead atoms. The molecule has 10 heteroatoms. The van der Waals surface area contributed by atoms with E-state index in [0.717, 1.165) is 15.3 Å². The lowest BCUT2D eigenvalue weighted by Crippen LogP contribution is -2.20. The average Bonchev–Trinajstić information content (AvgIpc) is 2.64. The molecule has 0 amide bonds. The van der Waals surface area contributed by atoms with E-state index in [1.165, 1.54) is 14.1 Å². The Bertz CT molecular complexity index is 758. The van der Waals surface area contributed by atoms with Gasteiger partial charge >= 0.3 is 6.61 Å². The zero-order valence-corrected chi connectivity index (χ0v) is 12.2. The SMILES string of the molecule is Cn1nc(-c2c(F)cc(Cl)c(=O)n2C)c(Cl)c1OC(F)F. The number of aryl methyl sites for hydroxylation is 1. The van der Waals surface area contributed by atoms with Crippen LogP contribution < -0.4 is 10.3 Å². The Kier molecular flexibility index (Phi) is 4.20. The largest absolute Gasteiger partial charge is 0.416 e. The molecule has 0 atom stereocenters. The number of ether oxygens (including phenoxy) is 1. The van der Waals surface area contributed by atoms with Crippen molar-refractivity contribution in [2.24, 2.45) is 14.1 Å². The molecule has 0 aliphatic heterocycles. The molecule has 0 aromatic carbocycles. The number of hydrogen-bond donors (Lipinski definition) is 0. The van der Waals surface area contributed by atoms with E-state index in [2.05, 4.69) is 9.84 Å². The molecule has 0 radical (unpaired) electrons. The van der Waals surface area contributed by atoms with Gasteiger partial charge in [0.2, 0.25) is 5.88 Å².